The van der Waals surface area contributed by atoms with Crippen molar-refractivity contribution in [2.24, 2.45) is 5.92 Å². The molecule has 3 aromatic carbocycles. The monoisotopic (exact) mass is 529 g/mol. The number of aliphatic hydroxyl groups is 1. The standard InChI is InChI=1S/C31H31NO7/c1-18(2)16-37-24-12-8-22(13-19(24)3)29(33)27-28(21-6-9-23(36-4)10-7-21)32(31(35)30(27)34)15-20-5-11-25-26(14-20)39-17-38-25/h5-14,18,28,33H,15-17H2,1-4H3/b29-27+. The number of carbonyl (C=O) groups excluding carboxylic acids is 2. The van der Waals surface area contributed by atoms with Crippen molar-refractivity contribution in [1.82, 2.24) is 4.90 Å². The average Bonchev–Trinajstić information content (AvgIpc) is 3.50. The Kier molecular flexibility index (Phi) is 7.19. The number of carbonyl (C=O) groups is 2. The molecule has 3 aromatic rings. The van der Waals surface area contributed by atoms with Gasteiger partial charge in [0.05, 0.1) is 25.3 Å². The highest BCUT2D eigenvalue weighted by atomic mass is 16.7. The van der Waals surface area contributed by atoms with E-state index in [-0.39, 0.29) is 24.7 Å². The maximum Gasteiger partial charge on any atom is 0.295 e. The first-order valence-electron chi connectivity index (χ1n) is 12.8. The zero-order valence-electron chi connectivity index (χ0n) is 22.4. The van der Waals surface area contributed by atoms with Crippen LogP contribution in [0.2, 0.25) is 0 Å². The van der Waals surface area contributed by atoms with Crippen LogP contribution < -0.4 is 18.9 Å². The number of ether oxygens (including phenoxy) is 4. The minimum atomic E-state index is -0.807. The normalized spacial score (nSPS) is 17.7. The number of rotatable bonds is 8. The number of likely N-dealkylation sites (tertiary alicyclic amines) is 1. The molecule has 1 unspecified atom stereocenters. The number of amides is 1. The van der Waals surface area contributed by atoms with Gasteiger partial charge in [0, 0.05) is 12.1 Å². The Labute approximate surface area is 227 Å². The maximum atomic E-state index is 13.4. The van der Waals surface area contributed by atoms with Crippen molar-refractivity contribution < 1.29 is 33.6 Å². The van der Waals surface area contributed by atoms with Crippen LogP contribution in [-0.4, -0.2) is 42.2 Å². The van der Waals surface area contributed by atoms with E-state index >= 15 is 0 Å². The third-order valence-electron chi connectivity index (χ3n) is 6.78. The summed E-state index contributed by atoms with van der Waals surface area (Å²) in [5, 5.41) is 11.5. The van der Waals surface area contributed by atoms with Crippen molar-refractivity contribution >= 4 is 17.4 Å². The van der Waals surface area contributed by atoms with Crippen molar-refractivity contribution in [1.29, 1.82) is 0 Å². The number of fused-ring (bicyclic) bond motifs is 1. The lowest BCUT2D eigenvalue weighted by Crippen LogP contribution is -2.29. The number of hydrogen-bond donors (Lipinski definition) is 1. The Bertz CT molecular complexity index is 1440. The van der Waals surface area contributed by atoms with E-state index in [1.165, 1.54) is 4.90 Å². The van der Waals surface area contributed by atoms with Gasteiger partial charge in [0.1, 0.15) is 17.3 Å². The molecule has 1 saturated heterocycles. The number of hydrogen-bond acceptors (Lipinski definition) is 7. The molecule has 2 heterocycles. The molecule has 202 valence electrons. The van der Waals surface area contributed by atoms with E-state index in [0.717, 1.165) is 11.1 Å². The van der Waals surface area contributed by atoms with Crippen molar-refractivity contribution in [3.63, 3.8) is 0 Å². The summed E-state index contributed by atoms with van der Waals surface area (Å²) in [5.41, 5.74) is 2.72. The molecule has 39 heavy (non-hydrogen) atoms. The lowest BCUT2D eigenvalue weighted by Gasteiger charge is -2.25. The third-order valence-corrected chi connectivity index (χ3v) is 6.78. The predicted octanol–water partition coefficient (Wildman–Crippen LogP) is 5.39. The van der Waals surface area contributed by atoms with Gasteiger partial charge in [0.25, 0.3) is 11.7 Å². The van der Waals surface area contributed by atoms with Gasteiger partial charge < -0.3 is 29.0 Å². The van der Waals surface area contributed by atoms with Crippen molar-refractivity contribution in [3.05, 3.63) is 88.5 Å². The number of methoxy groups -OCH3 is 1. The van der Waals surface area contributed by atoms with E-state index in [9.17, 15) is 14.7 Å². The summed E-state index contributed by atoms with van der Waals surface area (Å²) < 4.78 is 22.1. The van der Waals surface area contributed by atoms with Gasteiger partial charge >= 0.3 is 0 Å². The summed E-state index contributed by atoms with van der Waals surface area (Å²) >= 11 is 0. The Morgan fingerprint density at radius 2 is 1.77 bits per heavy atom. The van der Waals surface area contributed by atoms with E-state index in [0.29, 0.717) is 46.6 Å². The van der Waals surface area contributed by atoms with E-state index in [1.54, 1.807) is 61.7 Å². The third kappa shape index (κ3) is 5.14. The summed E-state index contributed by atoms with van der Waals surface area (Å²) in [5.74, 6) is 1.25. The Morgan fingerprint density at radius 1 is 1.03 bits per heavy atom. The average molecular weight is 530 g/mol. The molecule has 2 aliphatic heterocycles. The first-order chi connectivity index (χ1) is 18.8. The molecule has 8 nitrogen and oxygen atoms in total. The lowest BCUT2D eigenvalue weighted by molar-refractivity contribution is -0.140. The minimum absolute atomic E-state index is 0.0289. The van der Waals surface area contributed by atoms with Crippen LogP contribution in [0, 0.1) is 12.8 Å². The van der Waals surface area contributed by atoms with Crippen LogP contribution in [0.4, 0.5) is 0 Å². The summed E-state index contributed by atoms with van der Waals surface area (Å²) in [6, 6.07) is 17.0. The fourth-order valence-electron chi connectivity index (χ4n) is 4.78. The lowest BCUT2D eigenvalue weighted by atomic mass is 9.94. The molecular formula is C31H31NO7. The zero-order chi connectivity index (χ0) is 27.7. The van der Waals surface area contributed by atoms with E-state index in [1.807, 2.05) is 13.0 Å². The summed E-state index contributed by atoms with van der Waals surface area (Å²) in [6.07, 6.45) is 0. The Balaban J connectivity index is 1.56. The van der Waals surface area contributed by atoms with E-state index in [2.05, 4.69) is 13.8 Å². The highest BCUT2D eigenvalue weighted by Crippen LogP contribution is 2.42. The van der Waals surface area contributed by atoms with Gasteiger partial charge in [-0.3, -0.25) is 9.59 Å². The Morgan fingerprint density at radius 3 is 2.46 bits per heavy atom. The van der Waals surface area contributed by atoms with Gasteiger partial charge in [-0.15, -0.1) is 0 Å². The molecule has 1 N–H and O–H groups in total. The summed E-state index contributed by atoms with van der Waals surface area (Å²) in [6.45, 7) is 6.85. The van der Waals surface area contributed by atoms with Crippen molar-refractivity contribution in [2.75, 3.05) is 20.5 Å². The number of aliphatic hydroxyl groups excluding tert-OH is 1. The first-order valence-corrected chi connectivity index (χ1v) is 12.8. The molecule has 0 bridgehead atoms. The first kappa shape index (κ1) is 26.2. The number of ketones is 1. The molecule has 0 saturated carbocycles. The van der Waals surface area contributed by atoms with Crippen LogP contribution in [0.3, 0.4) is 0 Å². The van der Waals surface area contributed by atoms with E-state index in [4.69, 9.17) is 18.9 Å². The van der Waals surface area contributed by atoms with Gasteiger partial charge in [-0.25, -0.2) is 0 Å². The zero-order valence-corrected chi connectivity index (χ0v) is 22.4. The number of Topliss-reactive ketones (excluding diaryl/α,β-unsaturated/α-hetero) is 1. The molecule has 0 aliphatic carbocycles. The second-order valence-electron chi connectivity index (χ2n) is 10.1. The highest BCUT2D eigenvalue weighted by molar-refractivity contribution is 6.46. The second-order valence-corrected chi connectivity index (χ2v) is 10.1. The summed E-state index contributed by atoms with van der Waals surface area (Å²) in [7, 11) is 1.57. The van der Waals surface area contributed by atoms with Crippen LogP contribution in [0.15, 0.2) is 66.2 Å². The smallest absolute Gasteiger partial charge is 0.295 e. The molecule has 0 spiro atoms. The fraction of sp³-hybridized carbons (Fsp3) is 0.290. The molecular weight excluding hydrogens is 498 g/mol. The van der Waals surface area contributed by atoms with Crippen LogP contribution in [0.25, 0.3) is 5.76 Å². The topological polar surface area (TPSA) is 94.5 Å². The van der Waals surface area contributed by atoms with Gasteiger partial charge in [-0.1, -0.05) is 32.0 Å². The minimum Gasteiger partial charge on any atom is -0.507 e. The molecule has 0 radical (unpaired) electrons. The van der Waals surface area contributed by atoms with Gasteiger partial charge in [-0.2, -0.15) is 0 Å². The largest absolute Gasteiger partial charge is 0.507 e. The number of nitrogens with zero attached hydrogens (tertiary/aromatic N) is 1. The van der Waals surface area contributed by atoms with Crippen LogP contribution in [0.1, 0.15) is 42.1 Å². The predicted molar refractivity (Wildman–Crippen MR) is 145 cm³/mol. The van der Waals surface area contributed by atoms with Gasteiger partial charge in [-0.05, 0) is 72.0 Å². The second kappa shape index (κ2) is 10.7. The molecule has 5 rings (SSSR count). The van der Waals surface area contributed by atoms with Gasteiger partial charge in [0.15, 0.2) is 11.5 Å². The SMILES string of the molecule is COc1ccc(C2/C(=C(\O)c3ccc(OCC(C)C)c(C)c3)C(=O)C(=O)N2Cc2ccc3c(c2)OCO3)cc1. The van der Waals surface area contributed by atoms with E-state index < -0.39 is 17.7 Å². The molecule has 1 amide bonds. The molecule has 1 atom stereocenters. The van der Waals surface area contributed by atoms with Crippen LogP contribution in [-0.2, 0) is 16.1 Å². The Hall–Kier alpha value is -4.46. The molecule has 2 aliphatic rings. The maximum absolute atomic E-state index is 13.4. The van der Waals surface area contributed by atoms with Crippen molar-refractivity contribution in [3.8, 4) is 23.0 Å². The fourth-order valence-corrected chi connectivity index (χ4v) is 4.78. The van der Waals surface area contributed by atoms with Gasteiger partial charge in [0.2, 0.25) is 6.79 Å². The number of benzene rings is 3. The van der Waals surface area contributed by atoms with Crippen molar-refractivity contribution in [2.45, 2.75) is 33.4 Å². The molecule has 8 heteroatoms. The van der Waals surface area contributed by atoms with Crippen LogP contribution >= 0.6 is 0 Å². The summed E-state index contributed by atoms with van der Waals surface area (Å²) in [4.78, 5) is 28.3. The van der Waals surface area contributed by atoms with Crippen LogP contribution in [0.5, 0.6) is 23.0 Å². The molecule has 0 aromatic heterocycles. The highest BCUT2D eigenvalue weighted by Gasteiger charge is 2.46. The molecule has 1 fully saturated rings. The number of aryl methyl sites for hydroxylation is 1. The quantitative estimate of drug-likeness (QED) is 0.238.